The van der Waals surface area contributed by atoms with Crippen LogP contribution in [0.3, 0.4) is 0 Å². The highest BCUT2D eigenvalue weighted by Crippen LogP contribution is 2.32. The van der Waals surface area contributed by atoms with E-state index in [2.05, 4.69) is 0 Å². The topological polar surface area (TPSA) is 35.5 Å². The maximum Gasteiger partial charge on any atom is 0.169 e. The Labute approximate surface area is 110 Å². The molecule has 0 N–H and O–H groups in total. The highest BCUT2D eigenvalue weighted by Gasteiger charge is 2.06. The number of methoxy groups -OCH3 is 1. The van der Waals surface area contributed by atoms with Crippen LogP contribution in [-0.4, -0.2) is 13.4 Å². The van der Waals surface area contributed by atoms with Gasteiger partial charge in [-0.1, -0.05) is 23.7 Å². The molecule has 0 bridgehead atoms. The maximum absolute atomic E-state index is 10.7. The average Bonchev–Trinajstić information content (AvgIpc) is 2.39. The molecule has 0 heterocycles. The molecule has 0 spiro atoms. The lowest BCUT2D eigenvalue weighted by Crippen LogP contribution is -1.90. The molecule has 0 unspecified atom stereocenters. The van der Waals surface area contributed by atoms with Crippen LogP contribution in [0.1, 0.15) is 10.4 Å². The minimum Gasteiger partial charge on any atom is -0.493 e. The molecule has 0 aliphatic heterocycles. The number of rotatable bonds is 4. The average molecular weight is 263 g/mol. The van der Waals surface area contributed by atoms with E-state index in [4.69, 9.17) is 21.1 Å². The van der Waals surface area contributed by atoms with Gasteiger partial charge in [0.25, 0.3) is 0 Å². The zero-order valence-electron chi connectivity index (χ0n) is 9.72. The molecule has 0 amide bonds. The molecule has 4 heteroatoms. The van der Waals surface area contributed by atoms with Gasteiger partial charge in [-0.3, -0.25) is 4.79 Å². The van der Waals surface area contributed by atoms with Crippen LogP contribution in [0.15, 0.2) is 42.5 Å². The van der Waals surface area contributed by atoms with Crippen molar-refractivity contribution in [1.82, 2.24) is 0 Å². The van der Waals surface area contributed by atoms with Crippen molar-refractivity contribution in [2.75, 3.05) is 7.11 Å². The van der Waals surface area contributed by atoms with Crippen LogP contribution in [0.5, 0.6) is 17.2 Å². The van der Waals surface area contributed by atoms with Gasteiger partial charge in [-0.05, 0) is 24.3 Å². The Morgan fingerprint density at radius 1 is 1.11 bits per heavy atom. The Kier molecular flexibility index (Phi) is 3.85. The summed E-state index contributed by atoms with van der Waals surface area (Å²) < 4.78 is 10.8. The van der Waals surface area contributed by atoms with Gasteiger partial charge in [-0.25, -0.2) is 0 Å². The summed E-state index contributed by atoms with van der Waals surface area (Å²) in [5, 5.41) is 0.359. The SMILES string of the molecule is COc1ccccc1Oc1ccc(C=O)c(Cl)c1. The summed E-state index contributed by atoms with van der Waals surface area (Å²) in [6.45, 7) is 0. The normalized spacial score (nSPS) is 9.89. The van der Waals surface area contributed by atoms with Crippen LogP contribution < -0.4 is 9.47 Å². The number of carbonyl (C=O) groups excluding carboxylic acids is 1. The summed E-state index contributed by atoms with van der Waals surface area (Å²) in [4.78, 5) is 10.7. The third-order valence-electron chi connectivity index (χ3n) is 2.40. The molecule has 0 aliphatic carbocycles. The van der Waals surface area contributed by atoms with Crippen molar-refractivity contribution in [3.8, 4) is 17.2 Å². The van der Waals surface area contributed by atoms with Crippen LogP contribution >= 0.6 is 11.6 Å². The van der Waals surface area contributed by atoms with Crippen molar-refractivity contribution < 1.29 is 14.3 Å². The first-order valence-corrected chi connectivity index (χ1v) is 5.68. The number of ether oxygens (including phenoxy) is 2. The molecular formula is C14H11ClO3. The molecule has 2 aromatic carbocycles. The second kappa shape index (κ2) is 5.56. The van der Waals surface area contributed by atoms with Crippen molar-refractivity contribution in [2.24, 2.45) is 0 Å². The summed E-state index contributed by atoms with van der Waals surface area (Å²) in [5.41, 5.74) is 0.434. The first-order valence-electron chi connectivity index (χ1n) is 5.30. The summed E-state index contributed by atoms with van der Waals surface area (Å²) in [6, 6.07) is 12.2. The van der Waals surface area contributed by atoms with E-state index < -0.39 is 0 Å². The molecule has 2 aromatic rings. The van der Waals surface area contributed by atoms with E-state index in [1.165, 1.54) is 0 Å². The van der Waals surface area contributed by atoms with Gasteiger partial charge in [-0.2, -0.15) is 0 Å². The molecular weight excluding hydrogens is 252 g/mol. The molecule has 0 aromatic heterocycles. The minimum absolute atomic E-state index is 0.359. The molecule has 18 heavy (non-hydrogen) atoms. The molecule has 0 radical (unpaired) electrons. The van der Waals surface area contributed by atoms with Gasteiger partial charge in [-0.15, -0.1) is 0 Å². The predicted octanol–water partition coefficient (Wildman–Crippen LogP) is 3.95. The molecule has 0 aliphatic rings. The number of aldehydes is 1. The maximum atomic E-state index is 10.7. The van der Waals surface area contributed by atoms with Crippen molar-refractivity contribution >= 4 is 17.9 Å². The van der Waals surface area contributed by atoms with E-state index in [9.17, 15) is 4.79 Å². The predicted molar refractivity (Wildman–Crippen MR) is 69.9 cm³/mol. The fourth-order valence-electron chi connectivity index (χ4n) is 1.50. The minimum atomic E-state index is 0.359. The van der Waals surface area contributed by atoms with Crippen LogP contribution in [0.2, 0.25) is 5.02 Å². The third-order valence-corrected chi connectivity index (χ3v) is 2.72. The van der Waals surface area contributed by atoms with E-state index in [-0.39, 0.29) is 0 Å². The van der Waals surface area contributed by atoms with Gasteiger partial charge in [0.15, 0.2) is 17.8 Å². The molecule has 0 fully saturated rings. The van der Waals surface area contributed by atoms with E-state index in [0.29, 0.717) is 34.1 Å². The third kappa shape index (κ3) is 2.63. The van der Waals surface area contributed by atoms with Gasteiger partial charge in [0.2, 0.25) is 0 Å². The number of hydrogen-bond donors (Lipinski definition) is 0. The number of benzene rings is 2. The van der Waals surface area contributed by atoms with Gasteiger partial charge in [0.05, 0.1) is 12.1 Å². The summed E-state index contributed by atoms with van der Waals surface area (Å²) in [6.07, 6.45) is 0.704. The zero-order valence-corrected chi connectivity index (χ0v) is 10.5. The Bertz CT molecular complexity index is 567. The Hall–Kier alpha value is -2.00. The Balaban J connectivity index is 2.28. The van der Waals surface area contributed by atoms with E-state index in [0.717, 1.165) is 0 Å². The quantitative estimate of drug-likeness (QED) is 0.783. The monoisotopic (exact) mass is 262 g/mol. The smallest absolute Gasteiger partial charge is 0.169 e. The second-order valence-electron chi connectivity index (χ2n) is 3.55. The van der Waals surface area contributed by atoms with Crippen LogP contribution in [0, 0.1) is 0 Å². The lowest BCUT2D eigenvalue weighted by atomic mass is 10.2. The fourth-order valence-corrected chi connectivity index (χ4v) is 1.71. The summed E-state index contributed by atoms with van der Waals surface area (Å²) >= 11 is 5.93. The zero-order chi connectivity index (χ0) is 13.0. The van der Waals surface area contributed by atoms with E-state index in [1.807, 2.05) is 12.1 Å². The van der Waals surface area contributed by atoms with Gasteiger partial charge >= 0.3 is 0 Å². The second-order valence-corrected chi connectivity index (χ2v) is 3.96. The standard InChI is InChI=1S/C14H11ClO3/c1-17-13-4-2-3-5-14(13)18-11-7-6-10(9-16)12(15)8-11/h2-9H,1H3. The molecule has 2 rings (SSSR count). The highest BCUT2D eigenvalue weighted by molar-refractivity contribution is 6.33. The van der Waals surface area contributed by atoms with Crippen LogP contribution in [0.4, 0.5) is 0 Å². The van der Waals surface area contributed by atoms with Crippen molar-refractivity contribution in [1.29, 1.82) is 0 Å². The first-order chi connectivity index (χ1) is 8.74. The lowest BCUT2D eigenvalue weighted by molar-refractivity contribution is 0.112. The Morgan fingerprint density at radius 2 is 1.83 bits per heavy atom. The number of para-hydroxylation sites is 2. The summed E-state index contributed by atoms with van der Waals surface area (Å²) in [7, 11) is 1.57. The molecule has 92 valence electrons. The number of hydrogen-bond acceptors (Lipinski definition) is 3. The molecule has 0 atom stereocenters. The van der Waals surface area contributed by atoms with E-state index in [1.54, 1.807) is 37.4 Å². The van der Waals surface area contributed by atoms with Crippen molar-refractivity contribution in [3.63, 3.8) is 0 Å². The first kappa shape index (κ1) is 12.5. The van der Waals surface area contributed by atoms with Crippen molar-refractivity contribution in [3.05, 3.63) is 53.1 Å². The number of carbonyl (C=O) groups is 1. The van der Waals surface area contributed by atoms with Gasteiger partial charge in [0, 0.05) is 11.6 Å². The fraction of sp³-hybridized carbons (Fsp3) is 0.0714. The highest BCUT2D eigenvalue weighted by atomic mass is 35.5. The Morgan fingerprint density at radius 3 is 2.44 bits per heavy atom. The molecule has 0 saturated heterocycles. The van der Waals surface area contributed by atoms with Crippen LogP contribution in [-0.2, 0) is 0 Å². The van der Waals surface area contributed by atoms with Gasteiger partial charge in [0.1, 0.15) is 5.75 Å². The molecule has 0 saturated carbocycles. The molecule has 3 nitrogen and oxygen atoms in total. The van der Waals surface area contributed by atoms with Crippen LogP contribution in [0.25, 0.3) is 0 Å². The largest absolute Gasteiger partial charge is 0.493 e. The number of halogens is 1. The van der Waals surface area contributed by atoms with Crippen molar-refractivity contribution in [2.45, 2.75) is 0 Å². The summed E-state index contributed by atoms with van der Waals surface area (Å²) in [5.74, 6) is 1.78. The lowest BCUT2D eigenvalue weighted by Gasteiger charge is -2.10. The van der Waals surface area contributed by atoms with Gasteiger partial charge < -0.3 is 9.47 Å². The van der Waals surface area contributed by atoms with E-state index >= 15 is 0 Å².